The van der Waals surface area contributed by atoms with Crippen LogP contribution in [0.1, 0.15) is 47.0 Å². The summed E-state index contributed by atoms with van der Waals surface area (Å²) in [6, 6.07) is 8.03. The van der Waals surface area contributed by atoms with Crippen molar-refractivity contribution < 1.29 is 9.53 Å². The van der Waals surface area contributed by atoms with Crippen molar-refractivity contribution >= 4 is 33.5 Å². The van der Waals surface area contributed by atoms with Crippen molar-refractivity contribution in [2.45, 2.75) is 32.2 Å². The number of hydrogen-bond acceptors (Lipinski definition) is 6. The van der Waals surface area contributed by atoms with Crippen molar-refractivity contribution in [2.75, 3.05) is 18.6 Å². The summed E-state index contributed by atoms with van der Waals surface area (Å²) in [5, 5.41) is 3.57. The average molecular weight is 372 g/mol. The number of ether oxygens (including phenoxy) is 1. The first kappa shape index (κ1) is 18.1. The molecule has 0 aliphatic heterocycles. The van der Waals surface area contributed by atoms with Crippen molar-refractivity contribution in [3.63, 3.8) is 0 Å². The van der Waals surface area contributed by atoms with E-state index in [-0.39, 0.29) is 11.9 Å². The van der Waals surface area contributed by atoms with E-state index < -0.39 is 0 Å². The van der Waals surface area contributed by atoms with E-state index in [0.717, 1.165) is 17.7 Å². The molecule has 1 aromatic carbocycles. The normalized spacial score (nSPS) is 19.7. The minimum atomic E-state index is -0.186. The van der Waals surface area contributed by atoms with E-state index in [1.165, 1.54) is 16.9 Å². The summed E-state index contributed by atoms with van der Waals surface area (Å²) in [5.41, 5.74) is 21.8. The predicted molar refractivity (Wildman–Crippen MR) is 107 cm³/mol. The zero-order valence-electron chi connectivity index (χ0n) is 15.1. The van der Waals surface area contributed by atoms with Gasteiger partial charge in [-0.3, -0.25) is 4.79 Å². The molecule has 1 saturated carbocycles. The van der Waals surface area contributed by atoms with Gasteiger partial charge in [0, 0.05) is 23.2 Å². The molecular weight excluding hydrogens is 348 g/mol. The van der Waals surface area contributed by atoms with E-state index in [1.54, 1.807) is 14.0 Å². The Bertz CT molecular complexity index is 866. The Kier molecular flexibility index (Phi) is 4.82. The van der Waals surface area contributed by atoms with E-state index in [2.05, 4.69) is 5.32 Å². The van der Waals surface area contributed by atoms with Gasteiger partial charge in [0.2, 0.25) is 0 Å². The number of methoxy groups -OCH3 is 1. The van der Waals surface area contributed by atoms with Gasteiger partial charge in [0.15, 0.2) is 0 Å². The Balaban J connectivity index is 1.72. The molecule has 2 atom stereocenters. The fourth-order valence-electron chi connectivity index (χ4n) is 3.02. The van der Waals surface area contributed by atoms with Crippen molar-refractivity contribution in [3.05, 3.63) is 46.0 Å². The second-order valence-corrected chi connectivity index (χ2v) is 7.64. The van der Waals surface area contributed by atoms with Gasteiger partial charge in [0.05, 0.1) is 17.8 Å². The molecule has 1 aromatic heterocycles. The van der Waals surface area contributed by atoms with Crippen LogP contribution >= 0.6 is 11.3 Å². The summed E-state index contributed by atoms with van der Waals surface area (Å²) in [5.74, 6) is 0.952. The number of hydrogen-bond donors (Lipinski definition) is 4. The maximum atomic E-state index is 12.6. The highest BCUT2D eigenvalue weighted by molar-refractivity contribution is 7.18. The molecule has 2 aromatic rings. The number of allylic oxidation sites excluding steroid dienone is 2. The van der Waals surface area contributed by atoms with Crippen LogP contribution in [0.15, 0.2) is 30.0 Å². The number of benzene rings is 1. The van der Waals surface area contributed by atoms with Crippen LogP contribution in [0.25, 0.3) is 5.57 Å². The van der Waals surface area contributed by atoms with Crippen LogP contribution in [-0.2, 0) is 0 Å². The van der Waals surface area contributed by atoms with Crippen LogP contribution in [-0.4, -0.2) is 19.1 Å². The molecular formula is C19H24N4O2S. The van der Waals surface area contributed by atoms with Gasteiger partial charge in [-0.1, -0.05) is 12.1 Å². The molecule has 0 saturated heterocycles. The molecule has 2 unspecified atom stereocenters. The van der Waals surface area contributed by atoms with Crippen molar-refractivity contribution in [1.29, 1.82) is 0 Å². The molecule has 26 heavy (non-hydrogen) atoms. The summed E-state index contributed by atoms with van der Waals surface area (Å²) in [7, 11) is 1.64. The molecule has 1 aliphatic carbocycles. The molecule has 0 bridgehead atoms. The maximum absolute atomic E-state index is 12.6. The lowest BCUT2D eigenvalue weighted by Crippen LogP contribution is -2.26. The van der Waals surface area contributed by atoms with Crippen LogP contribution in [0.4, 0.5) is 10.7 Å². The summed E-state index contributed by atoms with van der Waals surface area (Å²) in [4.78, 5) is 13.1. The Morgan fingerprint density at radius 2 is 1.88 bits per heavy atom. The smallest absolute Gasteiger partial charge is 0.263 e. The SMILES string of the molecule is COc1ccc(C2CC2NC(=O)c2sc(N)c(/C(C)=C(/C)N)c2N)cc1. The number of anilines is 2. The van der Waals surface area contributed by atoms with E-state index in [0.29, 0.717) is 32.7 Å². The number of nitrogens with two attached hydrogens (primary N) is 3. The zero-order chi connectivity index (χ0) is 19.0. The molecule has 1 aliphatic rings. The number of carbonyl (C=O) groups excluding carboxylic acids is 1. The fourth-order valence-corrected chi connectivity index (χ4v) is 3.97. The number of amides is 1. The van der Waals surface area contributed by atoms with Gasteiger partial charge < -0.3 is 27.3 Å². The number of rotatable bonds is 5. The van der Waals surface area contributed by atoms with E-state index in [9.17, 15) is 4.79 Å². The molecule has 1 fully saturated rings. The zero-order valence-corrected chi connectivity index (χ0v) is 15.9. The van der Waals surface area contributed by atoms with Crippen molar-refractivity contribution in [1.82, 2.24) is 5.32 Å². The number of nitrogens with one attached hydrogen (secondary N) is 1. The molecule has 7 heteroatoms. The van der Waals surface area contributed by atoms with Gasteiger partial charge in [-0.15, -0.1) is 11.3 Å². The van der Waals surface area contributed by atoms with Crippen molar-refractivity contribution in [2.24, 2.45) is 5.73 Å². The Morgan fingerprint density at radius 1 is 1.23 bits per heavy atom. The minimum Gasteiger partial charge on any atom is -0.497 e. The van der Waals surface area contributed by atoms with Crippen LogP contribution in [0.2, 0.25) is 0 Å². The number of thiophene rings is 1. The molecule has 0 radical (unpaired) electrons. The topological polar surface area (TPSA) is 116 Å². The standard InChI is InChI=1S/C19H24N4O2S/c1-9(10(2)20)15-16(21)17(26-18(15)22)19(24)23-14-8-13(14)11-4-6-12(25-3)7-5-11/h4-7,13-14H,8,20-22H2,1-3H3,(H,23,24)/b10-9-. The quantitative estimate of drug-likeness (QED) is 0.644. The third-order valence-corrected chi connectivity index (χ3v) is 5.83. The summed E-state index contributed by atoms with van der Waals surface area (Å²) in [6.45, 7) is 3.64. The highest BCUT2D eigenvalue weighted by atomic mass is 32.1. The van der Waals surface area contributed by atoms with Gasteiger partial charge in [-0.25, -0.2) is 0 Å². The second kappa shape index (κ2) is 6.92. The first-order valence-electron chi connectivity index (χ1n) is 8.39. The molecule has 6 nitrogen and oxygen atoms in total. The number of nitrogen functional groups attached to an aromatic ring is 2. The molecule has 138 valence electrons. The van der Waals surface area contributed by atoms with Crippen molar-refractivity contribution in [3.8, 4) is 5.75 Å². The van der Waals surface area contributed by atoms with Gasteiger partial charge in [-0.2, -0.15) is 0 Å². The summed E-state index contributed by atoms with van der Waals surface area (Å²) < 4.78 is 5.17. The highest BCUT2D eigenvalue weighted by Gasteiger charge is 2.40. The molecule has 3 rings (SSSR count). The fraction of sp³-hybridized carbons (Fsp3) is 0.316. The first-order valence-corrected chi connectivity index (χ1v) is 9.21. The largest absolute Gasteiger partial charge is 0.497 e. The summed E-state index contributed by atoms with van der Waals surface area (Å²) >= 11 is 1.20. The third kappa shape index (κ3) is 3.35. The van der Waals surface area contributed by atoms with Crippen LogP contribution in [0.3, 0.4) is 0 Å². The number of carbonyl (C=O) groups is 1. The third-order valence-electron chi connectivity index (χ3n) is 4.80. The lowest BCUT2D eigenvalue weighted by Gasteiger charge is -2.07. The monoisotopic (exact) mass is 372 g/mol. The maximum Gasteiger partial charge on any atom is 0.263 e. The van der Waals surface area contributed by atoms with E-state index >= 15 is 0 Å². The van der Waals surface area contributed by atoms with Gasteiger partial charge >= 0.3 is 0 Å². The Hall–Kier alpha value is -2.67. The summed E-state index contributed by atoms with van der Waals surface area (Å²) in [6.07, 6.45) is 0.909. The van der Waals surface area contributed by atoms with Gasteiger partial charge in [0.25, 0.3) is 5.91 Å². The lowest BCUT2D eigenvalue weighted by atomic mass is 10.1. The first-order chi connectivity index (χ1) is 12.3. The molecule has 0 spiro atoms. The van der Waals surface area contributed by atoms with Crippen LogP contribution < -0.4 is 27.3 Å². The van der Waals surface area contributed by atoms with E-state index in [1.807, 2.05) is 31.2 Å². The Labute approximate surface area is 157 Å². The van der Waals surface area contributed by atoms with E-state index in [4.69, 9.17) is 21.9 Å². The molecule has 7 N–H and O–H groups in total. The van der Waals surface area contributed by atoms with Gasteiger partial charge in [-0.05, 0) is 43.5 Å². The van der Waals surface area contributed by atoms with Gasteiger partial charge in [0.1, 0.15) is 10.6 Å². The average Bonchev–Trinajstić information content (AvgIpc) is 3.31. The predicted octanol–water partition coefficient (Wildman–Crippen LogP) is 2.92. The highest BCUT2D eigenvalue weighted by Crippen LogP contribution is 2.43. The molecule has 1 amide bonds. The lowest BCUT2D eigenvalue weighted by molar-refractivity contribution is 0.0955. The van der Waals surface area contributed by atoms with Crippen LogP contribution in [0.5, 0.6) is 5.75 Å². The molecule has 1 heterocycles. The second-order valence-electron chi connectivity index (χ2n) is 6.59. The minimum absolute atomic E-state index is 0.106. The Morgan fingerprint density at radius 3 is 2.46 bits per heavy atom. The van der Waals surface area contributed by atoms with Crippen LogP contribution in [0, 0.1) is 0 Å².